The van der Waals surface area contributed by atoms with Gasteiger partial charge in [0.1, 0.15) is 34.2 Å². The molecule has 1 heterocycles. The Bertz CT molecular complexity index is 898. The summed E-state index contributed by atoms with van der Waals surface area (Å²) in [7, 11) is 4.58. The lowest BCUT2D eigenvalue weighted by atomic mass is 9.97. The van der Waals surface area contributed by atoms with Gasteiger partial charge in [0.15, 0.2) is 0 Å². The fourth-order valence-corrected chi connectivity index (χ4v) is 2.95. The van der Waals surface area contributed by atoms with Crippen LogP contribution in [-0.2, 0) is 6.42 Å². The van der Waals surface area contributed by atoms with Crippen molar-refractivity contribution >= 4 is 16.8 Å². The Labute approximate surface area is 146 Å². The van der Waals surface area contributed by atoms with Crippen molar-refractivity contribution in [3.63, 3.8) is 0 Å². The molecule has 0 N–H and O–H groups in total. The lowest BCUT2D eigenvalue weighted by molar-refractivity contribution is 0.103. The van der Waals surface area contributed by atoms with Crippen molar-refractivity contribution in [1.82, 2.24) is 0 Å². The molecule has 0 fully saturated rings. The van der Waals surface area contributed by atoms with Crippen molar-refractivity contribution < 1.29 is 23.4 Å². The van der Waals surface area contributed by atoms with E-state index in [2.05, 4.69) is 0 Å². The number of furan rings is 1. The molecule has 0 unspecified atom stereocenters. The molecular formula is C20H20O5. The SMILES string of the molecule is CCc1oc2ccccc2c1C(=O)c1c(OC)cc(OC)cc1OC. The van der Waals surface area contributed by atoms with Gasteiger partial charge in [0.25, 0.3) is 0 Å². The number of carbonyl (C=O) groups is 1. The largest absolute Gasteiger partial charge is 0.496 e. The summed E-state index contributed by atoms with van der Waals surface area (Å²) in [6, 6.07) is 10.8. The van der Waals surface area contributed by atoms with Crippen LogP contribution >= 0.6 is 0 Å². The quantitative estimate of drug-likeness (QED) is 0.628. The van der Waals surface area contributed by atoms with E-state index < -0.39 is 0 Å². The highest BCUT2D eigenvalue weighted by molar-refractivity contribution is 6.19. The highest BCUT2D eigenvalue weighted by Gasteiger charge is 2.27. The van der Waals surface area contributed by atoms with E-state index in [1.54, 1.807) is 19.2 Å². The average Bonchev–Trinajstić information content (AvgIpc) is 3.04. The number of fused-ring (bicyclic) bond motifs is 1. The molecule has 1 aromatic heterocycles. The standard InChI is InChI=1S/C20H20O5/c1-5-14-18(13-8-6-7-9-15(13)25-14)20(21)19-16(23-3)10-12(22-2)11-17(19)24-4/h6-11H,5H2,1-4H3. The van der Waals surface area contributed by atoms with Crippen LogP contribution in [0.3, 0.4) is 0 Å². The highest BCUT2D eigenvalue weighted by Crippen LogP contribution is 2.38. The predicted molar refractivity (Wildman–Crippen MR) is 95.1 cm³/mol. The summed E-state index contributed by atoms with van der Waals surface area (Å²) in [5.74, 6) is 1.80. The summed E-state index contributed by atoms with van der Waals surface area (Å²) >= 11 is 0. The molecule has 0 atom stereocenters. The molecule has 3 aromatic rings. The molecule has 0 aliphatic rings. The van der Waals surface area contributed by atoms with E-state index in [1.807, 2.05) is 31.2 Å². The molecule has 5 nitrogen and oxygen atoms in total. The Morgan fingerprint density at radius 3 is 2.16 bits per heavy atom. The van der Waals surface area contributed by atoms with Crippen molar-refractivity contribution in [3.8, 4) is 17.2 Å². The van der Waals surface area contributed by atoms with E-state index in [1.165, 1.54) is 14.2 Å². The van der Waals surface area contributed by atoms with Crippen LogP contribution in [0.25, 0.3) is 11.0 Å². The van der Waals surface area contributed by atoms with Gasteiger partial charge in [0.05, 0.1) is 26.9 Å². The van der Waals surface area contributed by atoms with Crippen LogP contribution in [0.5, 0.6) is 17.2 Å². The number of ketones is 1. The molecule has 0 saturated carbocycles. The second-order valence-corrected chi connectivity index (χ2v) is 5.49. The predicted octanol–water partition coefficient (Wildman–Crippen LogP) is 4.25. The molecule has 2 aromatic carbocycles. The van der Waals surface area contributed by atoms with Crippen molar-refractivity contribution in [1.29, 1.82) is 0 Å². The zero-order valence-corrected chi connectivity index (χ0v) is 14.7. The van der Waals surface area contributed by atoms with E-state index in [-0.39, 0.29) is 5.78 Å². The summed E-state index contributed by atoms with van der Waals surface area (Å²) < 4.78 is 22.0. The summed E-state index contributed by atoms with van der Waals surface area (Å²) in [5, 5.41) is 0.782. The van der Waals surface area contributed by atoms with Gasteiger partial charge in [0.2, 0.25) is 5.78 Å². The first-order chi connectivity index (χ1) is 12.1. The number of ether oxygens (including phenoxy) is 3. The highest BCUT2D eigenvalue weighted by atomic mass is 16.5. The van der Waals surface area contributed by atoms with Crippen LogP contribution in [0.4, 0.5) is 0 Å². The van der Waals surface area contributed by atoms with Crippen LogP contribution in [0.2, 0.25) is 0 Å². The van der Waals surface area contributed by atoms with Crippen LogP contribution in [0.1, 0.15) is 28.6 Å². The van der Waals surface area contributed by atoms with Crippen molar-refractivity contribution in [3.05, 3.63) is 53.3 Å². The molecule has 0 aliphatic heterocycles. The van der Waals surface area contributed by atoms with E-state index in [4.69, 9.17) is 18.6 Å². The Balaban J connectivity index is 2.26. The van der Waals surface area contributed by atoms with Gasteiger partial charge >= 0.3 is 0 Å². The van der Waals surface area contributed by atoms with Crippen LogP contribution < -0.4 is 14.2 Å². The first-order valence-corrected chi connectivity index (χ1v) is 7.99. The zero-order chi connectivity index (χ0) is 18.0. The lowest BCUT2D eigenvalue weighted by Gasteiger charge is -2.14. The first-order valence-electron chi connectivity index (χ1n) is 7.99. The summed E-state index contributed by atoms with van der Waals surface area (Å²) in [6.45, 7) is 1.96. The van der Waals surface area contributed by atoms with E-state index in [0.717, 1.165) is 5.39 Å². The lowest BCUT2D eigenvalue weighted by Crippen LogP contribution is -2.08. The third-order valence-electron chi connectivity index (χ3n) is 4.16. The molecule has 0 saturated heterocycles. The van der Waals surface area contributed by atoms with Gasteiger partial charge in [-0.05, 0) is 6.07 Å². The van der Waals surface area contributed by atoms with E-state index >= 15 is 0 Å². The number of hydrogen-bond donors (Lipinski definition) is 0. The number of methoxy groups -OCH3 is 3. The third-order valence-corrected chi connectivity index (χ3v) is 4.16. The number of para-hydroxylation sites is 1. The van der Waals surface area contributed by atoms with Gasteiger partial charge in [-0.1, -0.05) is 25.1 Å². The normalized spacial score (nSPS) is 10.7. The van der Waals surface area contributed by atoms with Gasteiger partial charge in [-0.2, -0.15) is 0 Å². The van der Waals surface area contributed by atoms with Crippen LogP contribution in [-0.4, -0.2) is 27.1 Å². The summed E-state index contributed by atoms with van der Waals surface area (Å²) in [5.41, 5.74) is 1.58. The molecule has 0 radical (unpaired) electrons. The average molecular weight is 340 g/mol. The maximum atomic E-state index is 13.4. The Morgan fingerprint density at radius 2 is 1.60 bits per heavy atom. The number of carbonyl (C=O) groups excluding carboxylic acids is 1. The second kappa shape index (κ2) is 6.89. The Morgan fingerprint density at radius 1 is 0.960 bits per heavy atom. The topological polar surface area (TPSA) is 57.9 Å². The molecular weight excluding hydrogens is 320 g/mol. The van der Waals surface area contributed by atoms with Crippen molar-refractivity contribution in [2.45, 2.75) is 13.3 Å². The number of rotatable bonds is 6. The smallest absolute Gasteiger partial charge is 0.204 e. The third kappa shape index (κ3) is 2.82. The molecule has 0 amide bonds. The van der Waals surface area contributed by atoms with Gasteiger partial charge in [-0.25, -0.2) is 0 Å². The zero-order valence-electron chi connectivity index (χ0n) is 14.7. The summed E-state index contributed by atoms with van der Waals surface area (Å²) in [6.07, 6.45) is 0.608. The minimum atomic E-state index is -0.196. The number of hydrogen-bond acceptors (Lipinski definition) is 5. The molecule has 130 valence electrons. The van der Waals surface area contributed by atoms with Gasteiger partial charge in [-0.15, -0.1) is 0 Å². The van der Waals surface area contributed by atoms with Gasteiger partial charge < -0.3 is 18.6 Å². The molecule has 5 heteroatoms. The van der Waals surface area contributed by atoms with Gasteiger partial charge in [-0.3, -0.25) is 4.79 Å². The van der Waals surface area contributed by atoms with Crippen molar-refractivity contribution in [2.75, 3.05) is 21.3 Å². The minimum absolute atomic E-state index is 0.196. The first kappa shape index (κ1) is 16.9. The number of benzene rings is 2. The molecule has 0 aliphatic carbocycles. The van der Waals surface area contributed by atoms with Gasteiger partial charge in [0, 0.05) is 23.9 Å². The second-order valence-electron chi connectivity index (χ2n) is 5.49. The maximum absolute atomic E-state index is 13.4. The molecule has 0 spiro atoms. The minimum Gasteiger partial charge on any atom is -0.496 e. The molecule has 0 bridgehead atoms. The van der Waals surface area contributed by atoms with Crippen LogP contribution in [0, 0.1) is 0 Å². The van der Waals surface area contributed by atoms with Crippen LogP contribution in [0.15, 0.2) is 40.8 Å². The monoisotopic (exact) mass is 340 g/mol. The number of aryl methyl sites for hydroxylation is 1. The fourth-order valence-electron chi connectivity index (χ4n) is 2.95. The maximum Gasteiger partial charge on any atom is 0.204 e. The Hall–Kier alpha value is -2.95. The van der Waals surface area contributed by atoms with E-state index in [9.17, 15) is 4.79 Å². The molecule has 3 rings (SSSR count). The molecule has 25 heavy (non-hydrogen) atoms. The fraction of sp³-hybridized carbons (Fsp3) is 0.250. The Kier molecular flexibility index (Phi) is 4.65. The van der Waals surface area contributed by atoms with E-state index in [0.29, 0.717) is 46.1 Å². The summed E-state index contributed by atoms with van der Waals surface area (Å²) in [4.78, 5) is 13.4. The van der Waals surface area contributed by atoms with Crippen molar-refractivity contribution in [2.24, 2.45) is 0 Å².